The zero-order valence-corrected chi connectivity index (χ0v) is 21.7. The monoisotopic (exact) mass is 469 g/mol. The molecular weight excluding hydrogens is 434 g/mol. The van der Waals surface area contributed by atoms with Gasteiger partial charge in [-0.2, -0.15) is 0 Å². The molecule has 1 aromatic heterocycles. The van der Waals surface area contributed by atoms with E-state index in [2.05, 4.69) is 64.4 Å². The lowest BCUT2D eigenvalue weighted by atomic mass is 9.85. The Hall–Kier alpha value is -3.73. The topological polar surface area (TPSA) is 37.7 Å². The first-order valence-electron chi connectivity index (χ1n) is 11.9. The SMILES string of the molecule is CN(C)c1ccc(C(c2ccc(N(C)C)cc2)c2cn(C(=O)OC(C)(C)C)c3ccccc23)cc1. The number of rotatable bonds is 5. The average Bonchev–Trinajstić information content (AvgIpc) is 3.18. The van der Waals surface area contributed by atoms with Crippen molar-refractivity contribution in [1.82, 2.24) is 4.57 Å². The Labute approximate surface area is 208 Å². The van der Waals surface area contributed by atoms with Crippen molar-refractivity contribution in [2.75, 3.05) is 38.0 Å². The molecule has 0 aliphatic heterocycles. The van der Waals surface area contributed by atoms with Crippen LogP contribution in [0.2, 0.25) is 0 Å². The molecule has 1 heterocycles. The summed E-state index contributed by atoms with van der Waals surface area (Å²) in [6.07, 6.45) is 1.58. The van der Waals surface area contributed by atoms with Crippen LogP contribution in [0.1, 0.15) is 43.4 Å². The van der Waals surface area contributed by atoms with Gasteiger partial charge in [0, 0.05) is 57.1 Å². The predicted octanol–water partition coefficient (Wildman–Crippen LogP) is 6.74. The van der Waals surface area contributed by atoms with Crippen LogP contribution < -0.4 is 9.80 Å². The summed E-state index contributed by atoms with van der Waals surface area (Å²) < 4.78 is 7.38. The summed E-state index contributed by atoms with van der Waals surface area (Å²) >= 11 is 0. The van der Waals surface area contributed by atoms with Crippen LogP contribution in [0, 0.1) is 0 Å². The zero-order chi connectivity index (χ0) is 25.3. The van der Waals surface area contributed by atoms with Crippen molar-refractivity contribution < 1.29 is 9.53 Å². The molecule has 182 valence electrons. The highest BCUT2D eigenvalue weighted by Gasteiger charge is 2.26. The van der Waals surface area contributed by atoms with Gasteiger partial charge in [-0.05, 0) is 67.8 Å². The predicted molar refractivity (Wildman–Crippen MR) is 146 cm³/mol. The molecule has 0 amide bonds. The van der Waals surface area contributed by atoms with E-state index in [1.165, 1.54) is 11.1 Å². The van der Waals surface area contributed by atoms with Crippen molar-refractivity contribution in [2.45, 2.75) is 32.3 Å². The van der Waals surface area contributed by atoms with E-state index in [1.807, 2.05) is 73.4 Å². The van der Waals surface area contributed by atoms with E-state index in [0.717, 1.165) is 27.8 Å². The van der Waals surface area contributed by atoms with Crippen LogP contribution in [0.15, 0.2) is 79.0 Å². The number of anilines is 2. The molecule has 0 aliphatic carbocycles. The normalized spacial score (nSPS) is 11.7. The van der Waals surface area contributed by atoms with Crippen molar-refractivity contribution in [3.05, 3.63) is 95.7 Å². The number of carbonyl (C=O) groups excluding carboxylic acids is 1. The Morgan fingerprint density at radius 1 is 0.771 bits per heavy atom. The summed E-state index contributed by atoms with van der Waals surface area (Å²) in [5.74, 6) is -0.0454. The van der Waals surface area contributed by atoms with Gasteiger partial charge in [0.25, 0.3) is 0 Å². The third-order valence-electron chi connectivity index (χ3n) is 6.13. The standard InChI is InChI=1S/C30H35N3O2/c1-30(2,3)35-29(34)33-20-26(25-10-8-9-11-27(25)33)28(21-12-16-23(17-13-21)31(4)5)22-14-18-24(19-15-22)32(6)7/h8-20,28H,1-7H3. The first kappa shape index (κ1) is 24.4. The molecule has 5 nitrogen and oxygen atoms in total. The van der Waals surface area contributed by atoms with Gasteiger partial charge in [0.05, 0.1) is 5.52 Å². The van der Waals surface area contributed by atoms with Crippen molar-refractivity contribution >= 4 is 28.4 Å². The highest BCUT2D eigenvalue weighted by molar-refractivity contribution is 5.93. The Morgan fingerprint density at radius 3 is 1.71 bits per heavy atom. The number of benzene rings is 3. The number of para-hydroxylation sites is 1. The maximum absolute atomic E-state index is 13.2. The van der Waals surface area contributed by atoms with Crippen LogP contribution >= 0.6 is 0 Å². The molecule has 4 aromatic rings. The third-order valence-corrected chi connectivity index (χ3v) is 6.13. The molecule has 0 radical (unpaired) electrons. The van der Waals surface area contributed by atoms with E-state index in [4.69, 9.17) is 4.74 Å². The molecule has 0 fully saturated rings. The zero-order valence-electron chi connectivity index (χ0n) is 21.7. The molecule has 0 N–H and O–H groups in total. The maximum Gasteiger partial charge on any atom is 0.419 e. The number of fused-ring (bicyclic) bond motifs is 1. The quantitative estimate of drug-likeness (QED) is 0.324. The fourth-order valence-corrected chi connectivity index (χ4v) is 4.38. The van der Waals surface area contributed by atoms with Gasteiger partial charge in [0.2, 0.25) is 0 Å². The lowest BCUT2D eigenvalue weighted by Gasteiger charge is -2.21. The number of hydrogen-bond acceptors (Lipinski definition) is 4. The Kier molecular flexibility index (Phi) is 6.62. The number of nitrogens with zero attached hydrogens (tertiary/aromatic N) is 3. The molecule has 35 heavy (non-hydrogen) atoms. The minimum atomic E-state index is -0.577. The molecule has 0 unspecified atom stereocenters. The second-order valence-electron chi connectivity index (χ2n) is 10.4. The maximum atomic E-state index is 13.2. The molecule has 5 heteroatoms. The third kappa shape index (κ3) is 5.19. The summed E-state index contributed by atoms with van der Waals surface area (Å²) in [7, 11) is 8.17. The highest BCUT2D eigenvalue weighted by Crippen LogP contribution is 2.38. The summed E-state index contributed by atoms with van der Waals surface area (Å²) in [6, 6.07) is 25.3. The number of hydrogen-bond donors (Lipinski definition) is 0. The van der Waals surface area contributed by atoms with Crippen LogP contribution in [0.5, 0.6) is 0 Å². The molecule has 0 spiro atoms. The number of carbonyl (C=O) groups is 1. The van der Waals surface area contributed by atoms with E-state index >= 15 is 0 Å². The van der Waals surface area contributed by atoms with Gasteiger partial charge >= 0.3 is 6.09 Å². The van der Waals surface area contributed by atoms with Gasteiger partial charge < -0.3 is 14.5 Å². The van der Waals surface area contributed by atoms with Gasteiger partial charge in [-0.25, -0.2) is 4.79 Å². The molecule has 0 saturated carbocycles. The van der Waals surface area contributed by atoms with Gasteiger partial charge in [-0.1, -0.05) is 42.5 Å². The first-order valence-corrected chi connectivity index (χ1v) is 11.9. The molecule has 0 saturated heterocycles. The van der Waals surface area contributed by atoms with Gasteiger partial charge in [0.15, 0.2) is 0 Å². The summed E-state index contributed by atoms with van der Waals surface area (Å²) in [4.78, 5) is 17.3. The van der Waals surface area contributed by atoms with Crippen LogP contribution in [-0.2, 0) is 4.74 Å². The van der Waals surface area contributed by atoms with E-state index < -0.39 is 5.60 Å². The Balaban J connectivity index is 1.90. The van der Waals surface area contributed by atoms with E-state index in [9.17, 15) is 4.79 Å². The molecule has 0 atom stereocenters. The fraction of sp³-hybridized carbons (Fsp3) is 0.300. The molecule has 0 bridgehead atoms. The summed E-state index contributed by atoms with van der Waals surface area (Å²) in [5, 5.41) is 1.04. The minimum absolute atomic E-state index is 0.0454. The van der Waals surface area contributed by atoms with Crippen LogP contribution in [0.25, 0.3) is 10.9 Å². The van der Waals surface area contributed by atoms with Crippen molar-refractivity contribution in [3.63, 3.8) is 0 Å². The highest BCUT2D eigenvalue weighted by atomic mass is 16.6. The van der Waals surface area contributed by atoms with Crippen molar-refractivity contribution in [1.29, 1.82) is 0 Å². The first-order chi connectivity index (χ1) is 16.5. The number of ether oxygens (including phenoxy) is 1. The second kappa shape index (κ2) is 9.49. The molecule has 4 rings (SSSR count). The second-order valence-corrected chi connectivity index (χ2v) is 10.4. The Morgan fingerprint density at radius 2 is 1.26 bits per heavy atom. The summed E-state index contributed by atoms with van der Waals surface area (Å²) in [5.41, 5.74) is 5.96. The fourth-order valence-electron chi connectivity index (χ4n) is 4.38. The summed E-state index contributed by atoms with van der Waals surface area (Å²) in [6.45, 7) is 5.66. The number of aromatic nitrogens is 1. The van der Waals surface area contributed by atoms with E-state index in [-0.39, 0.29) is 12.0 Å². The molecule has 3 aromatic carbocycles. The van der Waals surface area contributed by atoms with Crippen molar-refractivity contribution in [2.24, 2.45) is 0 Å². The lowest BCUT2D eigenvalue weighted by molar-refractivity contribution is 0.0544. The van der Waals surface area contributed by atoms with Crippen LogP contribution in [0.3, 0.4) is 0 Å². The van der Waals surface area contributed by atoms with Crippen LogP contribution in [0.4, 0.5) is 16.2 Å². The van der Waals surface area contributed by atoms with Gasteiger partial charge in [-0.15, -0.1) is 0 Å². The van der Waals surface area contributed by atoms with Crippen LogP contribution in [-0.4, -0.2) is 44.5 Å². The van der Waals surface area contributed by atoms with E-state index in [1.54, 1.807) is 4.57 Å². The average molecular weight is 470 g/mol. The smallest absolute Gasteiger partial charge is 0.419 e. The van der Waals surface area contributed by atoms with E-state index in [0.29, 0.717) is 0 Å². The Bertz CT molecular complexity index is 1260. The lowest BCUT2D eigenvalue weighted by Crippen LogP contribution is -2.26. The largest absolute Gasteiger partial charge is 0.443 e. The van der Waals surface area contributed by atoms with Gasteiger partial charge in [-0.3, -0.25) is 4.57 Å². The minimum Gasteiger partial charge on any atom is -0.443 e. The molecule has 0 aliphatic rings. The van der Waals surface area contributed by atoms with Crippen molar-refractivity contribution in [3.8, 4) is 0 Å². The molecular formula is C30H35N3O2. The van der Waals surface area contributed by atoms with Gasteiger partial charge in [0.1, 0.15) is 5.60 Å².